The van der Waals surface area contributed by atoms with Gasteiger partial charge in [-0.25, -0.2) is 14.4 Å². The van der Waals surface area contributed by atoms with Gasteiger partial charge >= 0.3 is 107 Å². The summed E-state index contributed by atoms with van der Waals surface area (Å²) in [6.45, 7) is 6.30. The minimum Gasteiger partial charge on any atom is -1.00 e. The van der Waals surface area contributed by atoms with Crippen LogP contribution in [-0.2, 0) is 44.6 Å². The van der Waals surface area contributed by atoms with Gasteiger partial charge in [0.25, 0.3) is 30.4 Å². The Bertz CT molecular complexity index is 2190. The molecule has 352 valence electrons. The van der Waals surface area contributed by atoms with E-state index < -0.39 is 92.6 Å². The zero-order chi connectivity index (χ0) is 45.6. The third-order valence-corrected chi connectivity index (χ3v) is 13.0. The Morgan fingerprint density at radius 3 is 1.11 bits per heavy atom. The molecule has 26 heteroatoms. The average molecular weight is 1040 g/mol. The van der Waals surface area contributed by atoms with Crippen LogP contribution < -0.4 is 103 Å². The van der Waals surface area contributed by atoms with E-state index in [0.717, 1.165) is 111 Å². The first-order valence-corrected chi connectivity index (χ1v) is 23.7. The van der Waals surface area contributed by atoms with Crippen LogP contribution in [0.2, 0.25) is 0 Å². The van der Waals surface area contributed by atoms with Crippen LogP contribution in [0.25, 0.3) is 0 Å². The number of rotatable bonds is 22. The van der Waals surface area contributed by atoms with Crippen LogP contribution in [0.15, 0.2) is 87.5 Å². The smallest absolute Gasteiger partial charge is 1.00 e. The number of carbonyl (C=O) groups excluding carboxylic acids is 3. The molecule has 0 spiro atoms. The summed E-state index contributed by atoms with van der Waals surface area (Å²) in [6.07, 6.45) is -0.471. The second-order valence-electron chi connectivity index (χ2n) is 13.9. The van der Waals surface area contributed by atoms with E-state index in [1.54, 1.807) is 0 Å². The van der Waals surface area contributed by atoms with Crippen molar-refractivity contribution in [3.05, 3.63) is 72.8 Å². The van der Waals surface area contributed by atoms with Gasteiger partial charge in [-0.3, -0.25) is 13.7 Å². The normalized spacial score (nSPS) is 14.0. The number of hydrogen-bond acceptors (Lipinski definition) is 15. The van der Waals surface area contributed by atoms with Crippen LogP contribution in [0.4, 0.5) is 14.4 Å². The van der Waals surface area contributed by atoms with Crippen molar-refractivity contribution in [3.8, 4) is 17.2 Å². The Morgan fingerprint density at radius 2 is 0.815 bits per heavy atom. The molecule has 18 nitrogen and oxygen atoms in total. The summed E-state index contributed by atoms with van der Waals surface area (Å²) in [4.78, 5) is 36.1. The molecule has 0 amide bonds. The zero-order valence-electron chi connectivity index (χ0n) is 40.4. The molecule has 0 saturated heterocycles. The van der Waals surface area contributed by atoms with E-state index in [-0.39, 0.29) is 127 Å². The molecule has 0 aliphatic rings. The van der Waals surface area contributed by atoms with Crippen molar-refractivity contribution in [2.75, 3.05) is 0 Å². The maximum Gasteiger partial charge on any atom is 1.00 e. The van der Waals surface area contributed by atoms with Gasteiger partial charge in [-0.2, -0.15) is 35.2 Å². The number of ether oxygens (including phenoxy) is 6. The molecule has 65 heavy (non-hydrogen) atoms. The van der Waals surface area contributed by atoms with E-state index in [2.05, 4.69) is 6.92 Å². The van der Waals surface area contributed by atoms with Gasteiger partial charge < -0.3 is 32.7 Å². The topological polar surface area (TPSA) is 270 Å². The van der Waals surface area contributed by atoms with E-state index in [9.17, 15) is 53.3 Å². The second kappa shape index (κ2) is 30.5. The minimum absolute atomic E-state index is 0. The summed E-state index contributed by atoms with van der Waals surface area (Å²) in [7, 11) is -13.6. The molecular formula is C39H55ClNa3O18PS3. The average Bonchev–Trinajstić information content (AvgIpc) is 3.16. The van der Waals surface area contributed by atoms with Crippen LogP contribution in [0.5, 0.6) is 17.2 Å². The minimum atomic E-state index is -4.55. The van der Waals surface area contributed by atoms with Gasteiger partial charge in [0.15, 0.2) is 0 Å². The van der Waals surface area contributed by atoms with Crippen molar-refractivity contribution in [3.63, 3.8) is 0 Å². The maximum absolute atomic E-state index is 13.2. The zero-order valence-corrected chi connectivity index (χ0v) is 48.0. The Balaban J connectivity index is -0.00000189. The predicted molar refractivity (Wildman–Crippen MR) is 232 cm³/mol. The summed E-state index contributed by atoms with van der Waals surface area (Å²) >= 11 is 7.47. The second-order valence-corrected chi connectivity index (χ2v) is 18.9. The van der Waals surface area contributed by atoms with Crippen molar-refractivity contribution < 1.29 is 175 Å². The molecule has 0 aromatic heterocycles. The fraction of sp³-hybridized carbons (Fsp3) is 0.462. The molecule has 0 radical (unpaired) electrons. The molecule has 3 N–H and O–H groups in total. The Hall–Kier alpha value is -1.08. The Morgan fingerprint density at radius 1 is 0.538 bits per heavy atom. The third-order valence-electron chi connectivity index (χ3n) is 9.55. The van der Waals surface area contributed by atoms with Crippen molar-refractivity contribution in [1.29, 1.82) is 0 Å². The molecule has 0 heterocycles. The monoisotopic (exact) mass is 1040 g/mol. The molecule has 3 aromatic carbocycles. The van der Waals surface area contributed by atoms with Crippen LogP contribution in [0.1, 0.15) is 89.8 Å². The van der Waals surface area contributed by atoms with Crippen molar-refractivity contribution in [2.24, 2.45) is 5.92 Å². The van der Waals surface area contributed by atoms with E-state index in [4.69, 9.17) is 40.0 Å². The van der Waals surface area contributed by atoms with Gasteiger partial charge in [0.1, 0.15) is 40.4 Å². The van der Waals surface area contributed by atoms with E-state index in [1.165, 1.54) is 20.8 Å². The quantitative estimate of drug-likeness (QED) is 0.0176. The van der Waals surface area contributed by atoms with Crippen LogP contribution in [-0.4, -0.2) is 80.6 Å². The summed E-state index contributed by atoms with van der Waals surface area (Å²) in [5.41, 5.74) is 0. The van der Waals surface area contributed by atoms with Crippen LogP contribution >= 0.6 is 21.5 Å². The molecule has 3 rings (SSSR count). The fourth-order valence-electron chi connectivity index (χ4n) is 6.35. The summed E-state index contributed by atoms with van der Waals surface area (Å²) < 4.78 is 129. The number of unbranched alkanes of at least 4 members (excludes halogenated alkanes) is 7. The molecular weight excluding hydrogens is 988 g/mol. The van der Waals surface area contributed by atoms with Gasteiger partial charge in [0.05, 0.1) is 14.7 Å². The van der Waals surface area contributed by atoms with Gasteiger partial charge in [-0.05, 0) is 100.0 Å². The summed E-state index contributed by atoms with van der Waals surface area (Å²) in [5.74, 6) is -1.53. The molecule has 0 fully saturated rings. The van der Waals surface area contributed by atoms with Gasteiger partial charge in [0.2, 0.25) is 0 Å². The Labute approximate surface area is 459 Å². The van der Waals surface area contributed by atoms with Crippen LogP contribution in [0, 0.1) is 5.92 Å². The molecule has 0 aliphatic carbocycles. The number of benzene rings is 3. The molecule has 5 atom stereocenters. The number of hydrogen-bond donors (Lipinski definition) is 3. The first-order valence-electron chi connectivity index (χ1n) is 19.0. The van der Waals surface area contributed by atoms with E-state index in [1.807, 2.05) is 0 Å². The summed E-state index contributed by atoms with van der Waals surface area (Å²) in [5, 5.41) is 0. The van der Waals surface area contributed by atoms with Crippen molar-refractivity contribution >= 4 is 70.3 Å². The number of halogens is 1. The largest absolute Gasteiger partial charge is 1.00 e. The number of alkyl halides is 1. The summed E-state index contributed by atoms with van der Waals surface area (Å²) in [6, 6.07) is 12.4. The molecule has 0 saturated carbocycles. The first kappa shape index (κ1) is 66.0. The van der Waals surface area contributed by atoms with Crippen molar-refractivity contribution in [2.45, 2.75) is 123 Å². The number of carbonyl (C=O) groups is 3. The SMILES string of the molecule is CCCCCCCCCCC(C(C)OC(=O)Oc1ccc(S(=O)(=O)O)cc1)C(Cl)(C(C)OC(=O)Oc1ccc(S(=O)(=O)O)cc1)C(C)OC(=O)Oc1ccc(S(=O)(=O)O)cc1.P.[H-].[H-].[H-].[Na+].[Na+].[Na+]. The van der Waals surface area contributed by atoms with Gasteiger partial charge in [-0.1, -0.05) is 58.3 Å². The molecule has 3 aromatic rings. The predicted octanol–water partition coefficient (Wildman–Crippen LogP) is 0.0710. The van der Waals surface area contributed by atoms with Crippen molar-refractivity contribution in [1.82, 2.24) is 0 Å². The van der Waals surface area contributed by atoms with E-state index in [0.29, 0.717) is 12.8 Å². The molecule has 0 aliphatic heterocycles. The molecule has 0 bridgehead atoms. The maximum atomic E-state index is 13.2. The van der Waals surface area contributed by atoms with Crippen LogP contribution in [0.3, 0.4) is 0 Å². The fourth-order valence-corrected chi connectivity index (χ4v) is 8.17. The molecule has 5 unspecified atom stereocenters. The van der Waals surface area contributed by atoms with Gasteiger partial charge in [-0.15, -0.1) is 11.6 Å². The standard InChI is InChI=1S/C39H49ClO18S3.3Na.H3P.3H/c1-5-6-7-8-9-10-11-12-13-35(26(2)53-36(41)56-29-14-20-32(21-15-29)59(44,45)46)39(40,27(3)54-37(42)57-30-16-22-33(23-17-30)60(47,48)49)28(4)55-38(43)58-31-18-24-34(25-19-31)61(50,51)52;;;;;;;/h14-28,35H,5-13H2,1-4H3,(H,44,45,46)(H,47,48,49)(H,50,51,52);;;;1H3;;;/q;3*+1;;3*-1. The van der Waals surface area contributed by atoms with Gasteiger partial charge in [0, 0.05) is 5.92 Å². The third kappa shape index (κ3) is 22.0. The Kier molecular flexibility index (Phi) is 31.0. The first-order chi connectivity index (χ1) is 28.4. The van der Waals surface area contributed by atoms with E-state index >= 15 is 0 Å².